The summed E-state index contributed by atoms with van der Waals surface area (Å²) >= 11 is 6.12. The van der Waals surface area contributed by atoms with Crippen molar-refractivity contribution < 1.29 is 0 Å². The molecular weight excluding hydrogens is 268 g/mol. The average Bonchev–Trinajstić information content (AvgIpc) is 2.48. The minimum absolute atomic E-state index is 0.466. The van der Waals surface area contributed by atoms with Crippen molar-refractivity contribution in [2.24, 2.45) is 5.92 Å². The monoisotopic (exact) mass is 288 g/mol. The van der Waals surface area contributed by atoms with E-state index < -0.39 is 0 Å². The molecule has 0 amide bonds. The fourth-order valence-corrected chi connectivity index (χ4v) is 3.50. The Hall–Kier alpha value is -1.28. The Morgan fingerprint density at radius 1 is 1.25 bits per heavy atom. The Morgan fingerprint density at radius 2 is 2.05 bits per heavy atom. The van der Waals surface area contributed by atoms with E-state index in [-0.39, 0.29) is 0 Å². The Balaban J connectivity index is 1.87. The van der Waals surface area contributed by atoms with Gasteiger partial charge in [0.15, 0.2) is 0 Å². The van der Waals surface area contributed by atoms with Gasteiger partial charge in [0.1, 0.15) is 5.82 Å². The van der Waals surface area contributed by atoms with E-state index in [0.29, 0.717) is 12.0 Å². The lowest BCUT2D eigenvalue weighted by atomic mass is 9.85. The molecule has 2 unspecified atom stereocenters. The number of halogens is 1. The highest BCUT2D eigenvalue weighted by Gasteiger charge is 2.24. The van der Waals surface area contributed by atoms with Crippen LogP contribution < -0.4 is 5.32 Å². The van der Waals surface area contributed by atoms with Crippen molar-refractivity contribution in [2.75, 3.05) is 11.2 Å². The van der Waals surface area contributed by atoms with Crippen LogP contribution in [0.1, 0.15) is 31.2 Å². The van der Waals surface area contributed by atoms with Crippen LogP contribution in [-0.4, -0.2) is 16.9 Å². The summed E-state index contributed by atoms with van der Waals surface area (Å²) in [4.78, 5) is 4.78. The Morgan fingerprint density at radius 3 is 2.90 bits per heavy atom. The van der Waals surface area contributed by atoms with Crippen LogP contribution in [0.15, 0.2) is 30.3 Å². The van der Waals surface area contributed by atoms with E-state index in [9.17, 15) is 0 Å². The Kier molecular flexibility index (Phi) is 4.11. The number of aryl methyl sites for hydroxylation is 1. The van der Waals surface area contributed by atoms with Crippen molar-refractivity contribution in [3.05, 3.63) is 35.9 Å². The molecule has 1 aliphatic rings. The number of anilines is 1. The number of nitrogens with zero attached hydrogens (tertiary/aromatic N) is 1. The summed E-state index contributed by atoms with van der Waals surface area (Å²) in [5.74, 6) is 2.33. The highest BCUT2D eigenvalue weighted by atomic mass is 35.5. The zero-order valence-corrected chi connectivity index (χ0v) is 12.7. The van der Waals surface area contributed by atoms with Crippen molar-refractivity contribution >= 4 is 28.3 Å². The smallest absolute Gasteiger partial charge is 0.129 e. The second-order valence-electron chi connectivity index (χ2n) is 5.80. The van der Waals surface area contributed by atoms with E-state index in [1.54, 1.807) is 0 Å². The summed E-state index contributed by atoms with van der Waals surface area (Å²) in [5, 5.41) is 4.85. The van der Waals surface area contributed by atoms with E-state index in [4.69, 9.17) is 16.6 Å². The van der Waals surface area contributed by atoms with Crippen molar-refractivity contribution in [3.8, 4) is 0 Å². The maximum atomic E-state index is 6.12. The second-order valence-corrected chi connectivity index (χ2v) is 6.10. The Labute approximate surface area is 125 Å². The quantitative estimate of drug-likeness (QED) is 0.824. The van der Waals surface area contributed by atoms with Crippen LogP contribution in [0.3, 0.4) is 0 Å². The third kappa shape index (κ3) is 2.76. The topological polar surface area (TPSA) is 24.9 Å². The predicted octanol–water partition coefficient (Wildman–Crippen LogP) is 4.75. The van der Waals surface area contributed by atoms with Gasteiger partial charge in [0.05, 0.1) is 5.52 Å². The molecule has 1 fully saturated rings. The molecule has 20 heavy (non-hydrogen) atoms. The largest absolute Gasteiger partial charge is 0.367 e. The summed E-state index contributed by atoms with van der Waals surface area (Å²) in [6.07, 6.45) is 5.02. The maximum absolute atomic E-state index is 6.12. The van der Waals surface area contributed by atoms with Gasteiger partial charge in [-0.1, -0.05) is 31.0 Å². The van der Waals surface area contributed by atoms with Gasteiger partial charge in [0, 0.05) is 17.3 Å². The van der Waals surface area contributed by atoms with Gasteiger partial charge in [-0.25, -0.2) is 4.98 Å². The molecule has 2 nitrogen and oxygen atoms in total. The first kappa shape index (κ1) is 13.7. The number of fused-ring (bicyclic) bond motifs is 1. The number of pyridine rings is 1. The van der Waals surface area contributed by atoms with Crippen LogP contribution in [0.25, 0.3) is 10.9 Å². The first-order valence-electron chi connectivity index (χ1n) is 7.47. The van der Waals surface area contributed by atoms with Gasteiger partial charge in [-0.05, 0) is 43.4 Å². The van der Waals surface area contributed by atoms with Crippen LogP contribution in [0.4, 0.5) is 5.82 Å². The lowest BCUT2D eigenvalue weighted by molar-refractivity contribution is 0.352. The molecule has 0 saturated heterocycles. The van der Waals surface area contributed by atoms with E-state index in [2.05, 4.69) is 36.5 Å². The minimum Gasteiger partial charge on any atom is -0.367 e. The third-order valence-electron chi connectivity index (χ3n) is 4.34. The minimum atomic E-state index is 0.466. The van der Waals surface area contributed by atoms with Crippen LogP contribution in [0.5, 0.6) is 0 Å². The van der Waals surface area contributed by atoms with Gasteiger partial charge >= 0.3 is 0 Å². The van der Waals surface area contributed by atoms with Gasteiger partial charge in [0.25, 0.3) is 0 Å². The second kappa shape index (κ2) is 6.01. The van der Waals surface area contributed by atoms with Crippen molar-refractivity contribution in [2.45, 2.75) is 38.6 Å². The summed E-state index contributed by atoms with van der Waals surface area (Å²) in [5.41, 5.74) is 2.27. The van der Waals surface area contributed by atoms with Crippen molar-refractivity contribution in [1.82, 2.24) is 4.98 Å². The number of nitrogens with one attached hydrogen (secondary N) is 1. The van der Waals surface area contributed by atoms with Crippen molar-refractivity contribution in [3.63, 3.8) is 0 Å². The molecule has 3 heteroatoms. The molecule has 106 valence electrons. The molecule has 0 bridgehead atoms. The van der Waals surface area contributed by atoms with Gasteiger partial charge in [0.2, 0.25) is 0 Å². The van der Waals surface area contributed by atoms with E-state index in [0.717, 1.165) is 17.2 Å². The number of hydrogen-bond acceptors (Lipinski definition) is 2. The first-order chi connectivity index (χ1) is 9.78. The summed E-state index contributed by atoms with van der Waals surface area (Å²) in [7, 11) is 0. The number of alkyl halides is 1. The molecule has 1 aromatic heterocycles. The molecule has 1 saturated carbocycles. The normalized spacial score (nSPS) is 22.9. The molecule has 0 aliphatic heterocycles. The third-order valence-corrected chi connectivity index (χ3v) is 4.74. The van der Waals surface area contributed by atoms with Crippen LogP contribution in [-0.2, 0) is 0 Å². The fourth-order valence-electron chi connectivity index (χ4n) is 3.13. The molecule has 1 aromatic carbocycles. The standard InChI is InChI=1S/C17H21ClN2/c1-12-10-13-6-2-4-8-15(13)19-17(12)20-16-9-5-3-7-14(16)11-18/h2,4,6,8,10,14,16H,3,5,7,9,11H2,1H3,(H,19,20). The zero-order chi connectivity index (χ0) is 13.9. The SMILES string of the molecule is Cc1cc2ccccc2nc1NC1CCCCC1CCl. The number of aromatic nitrogens is 1. The van der Waals surface area contributed by atoms with Gasteiger partial charge in [-0.3, -0.25) is 0 Å². The van der Waals surface area contributed by atoms with E-state index in [1.165, 1.54) is 36.6 Å². The van der Waals surface area contributed by atoms with Crippen LogP contribution in [0.2, 0.25) is 0 Å². The van der Waals surface area contributed by atoms with Crippen LogP contribution >= 0.6 is 11.6 Å². The van der Waals surface area contributed by atoms with Crippen LogP contribution in [0, 0.1) is 12.8 Å². The molecule has 1 N–H and O–H groups in total. The summed E-state index contributed by atoms with van der Waals surface area (Å²) in [6, 6.07) is 11.0. The lowest BCUT2D eigenvalue weighted by Gasteiger charge is -2.31. The molecule has 1 heterocycles. The lowest BCUT2D eigenvalue weighted by Crippen LogP contribution is -2.33. The number of benzene rings is 1. The summed E-state index contributed by atoms with van der Waals surface area (Å²) in [6.45, 7) is 2.13. The number of hydrogen-bond donors (Lipinski definition) is 1. The van der Waals surface area contributed by atoms with Gasteiger partial charge in [-0.15, -0.1) is 11.6 Å². The number of para-hydroxylation sites is 1. The predicted molar refractivity (Wildman–Crippen MR) is 86.6 cm³/mol. The maximum Gasteiger partial charge on any atom is 0.129 e. The highest BCUT2D eigenvalue weighted by molar-refractivity contribution is 6.18. The molecule has 1 aliphatic carbocycles. The fraction of sp³-hybridized carbons (Fsp3) is 0.471. The summed E-state index contributed by atoms with van der Waals surface area (Å²) < 4.78 is 0. The Bertz CT molecular complexity index is 597. The molecule has 3 rings (SSSR count). The molecular formula is C17H21ClN2. The van der Waals surface area contributed by atoms with Gasteiger partial charge in [-0.2, -0.15) is 0 Å². The highest BCUT2D eigenvalue weighted by Crippen LogP contribution is 2.29. The van der Waals surface area contributed by atoms with Gasteiger partial charge < -0.3 is 5.32 Å². The zero-order valence-electron chi connectivity index (χ0n) is 11.9. The van der Waals surface area contributed by atoms with Crippen molar-refractivity contribution in [1.29, 1.82) is 0 Å². The van der Waals surface area contributed by atoms with E-state index in [1.807, 2.05) is 6.07 Å². The first-order valence-corrected chi connectivity index (χ1v) is 8.00. The molecule has 2 atom stereocenters. The molecule has 0 spiro atoms. The average molecular weight is 289 g/mol. The molecule has 0 radical (unpaired) electrons. The number of rotatable bonds is 3. The van der Waals surface area contributed by atoms with E-state index >= 15 is 0 Å². The molecule has 2 aromatic rings.